The fraction of sp³-hybridized carbons (Fsp3) is 0.636. The minimum atomic E-state index is -0.864. The molecule has 0 amide bonds. The largest absolute Gasteiger partial charge is 0.472 e. The summed E-state index contributed by atoms with van der Waals surface area (Å²) in [6, 6.07) is 1.82. The summed E-state index contributed by atoms with van der Waals surface area (Å²) in [6.45, 7) is 0. The van der Waals surface area contributed by atoms with Crippen LogP contribution in [0.15, 0.2) is 23.0 Å². The first-order valence-corrected chi connectivity index (χ1v) is 5.12. The van der Waals surface area contributed by atoms with Crippen molar-refractivity contribution in [2.45, 2.75) is 43.8 Å². The molecule has 2 rings (SSSR count). The van der Waals surface area contributed by atoms with E-state index in [1.54, 1.807) is 12.5 Å². The van der Waals surface area contributed by atoms with Gasteiger partial charge in [0.05, 0.1) is 24.2 Å². The van der Waals surface area contributed by atoms with E-state index in [-0.39, 0.29) is 0 Å². The van der Waals surface area contributed by atoms with Gasteiger partial charge < -0.3 is 14.6 Å². The molecule has 0 bridgehead atoms. The van der Waals surface area contributed by atoms with E-state index in [1.807, 2.05) is 6.07 Å². The lowest BCUT2D eigenvalue weighted by atomic mass is 9.91. The maximum Gasteiger partial charge on any atom is 0.0935 e. The van der Waals surface area contributed by atoms with Crippen molar-refractivity contribution in [2.75, 3.05) is 0 Å². The van der Waals surface area contributed by atoms with Crippen LogP contribution in [0.2, 0.25) is 0 Å². The third-order valence-corrected chi connectivity index (χ3v) is 3.10. The molecular weight excluding hydrogens is 180 g/mol. The maximum atomic E-state index is 10.1. The molecule has 1 atom stereocenters. The topological polar surface area (TPSA) is 53.6 Å². The van der Waals surface area contributed by atoms with Crippen molar-refractivity contribution in [1.29, 1.82) is 0 Å². The van der Waals surface area contributed by atoms with Crippen LogP contribution in [-0.2, 0) is 6.42 Å². The van der Waals surface area contributed by atoms with Gasteiger partial charge in [0.15, 0.2) is 0 Å². The Morgan fingerprint density at radius 1 is 1.43 bits per heavy atom. The summed E-state index contributed by atoms with van der Waals surface area (Å²) in [6.07, 6.45) is 6.47. The summed E-state index contributed by atoms with van der Waals surface area (Å²) >= 11 is 0. The third-order valence-electron chi connectivity index (χ3n) is 3.10. The summed E-state index contributed by atoms with van der Waals surface area (Å²) < 4.78 is 4.92. The molecule has 1 unspecified atom stereocenters. The quantitative estimate of drug-likeness (QED) is 0.770. The van der Waals surface area contributed by atoms with Crippen LogP contribution in [0.5, 0.6) is 0 Å². The van der Waals surface area contributed by atoms with Crippen LogP contribution in [0.25, 0.3) is 0 Å². The molecule has 1 heterocycles. The molecule has 0 radical (unpaired) electrons. The fourth-order valence-electron chi connectivity index (χ4n) is 2.14. The van der Waals surface area contributed by atoms with Crippen LogP contribution in [0.4, 0.5) is 0 Å². The molecule has 1 fully saturated rings. The van der Waals surface area contributed by atoms with Gasteiger partial charge in [0.25, 0.3) is 0 Å². The zero-order chi connectivity index (χ0) is 10.0. The Morgan fingerprint density at radius 2 is 2.14 bits per heavy atom. The predicted octanol–water partition coefficient (Wildman–Crippen LogP) is 1.49. The molecule has 0 spiro atoms. The lowest BCUT2D eigenvalue weighted by Gasteiger charge is -2.28. The van der Waals surface area contributed by atoms with E-state index in [0.717, 1.165) is 18.4 Å². The summed E-state index contributed by atoms with van der Waals surface area (Å²) in [5.74, 6) is 0. The third kappa shape index (κ3) is 1.83. The molecular formula is C11H16O3. The number of rotatable bonds is 3. The Labute approximate surface area is 83.4 Å². The zero-order valence-corrected chi connectivity index (χ0v) is 8.15. The van der Waals surface area contributed by atoms with Crippen LogP contribution in [0, 0.1) is 0 Å². The predicted molar refractivity (Wildman–Crippen MR) is 51.8 cm³/mol. The molecule has 1 aromatic heterocycles. The van der Waals surface area contributed by atoms with Gasteiger partial charge in [-0.1, -0.05) is 12.8 Å². The molecule has 3 heteroatoms. The summed E-state index contributed by atoms with van der Waals surface area (Å²) in [4.78, 5) is 0. The monoisotopic (exact) mass is 196 g/mol. The normalized spacial score (nSPS) is 22.4. The van der Waals surface area contributed by atoms with Crippen molar-refractivity contribution in [3.05, 3.63) is 24.2 Å². The Bertz CT molecular complexity index is 273. The number of aliphatic hydroxyl groups excluding tert-OH is 1. The number of hydrogen-bond acceptors (Lipinski definition) is 3. The minimum absolute atomic E-state index is 0.479. The van der Waals surface area contributed by atoms with E-state index in [4.69, 9.17) is 4.42 Å². The van der Waals surface area contributed by atoms with Crippen LogP contribution in [0.3, 0.4) is 0 Å². The lowest BCUT2D eigenvalue weighted by molar-refractivity contribution is -0.0689. The molecule has 1 saturated carbocycles. The molecule has 14 heavy (non-hydrogen) atoms. The number of hydrogen-bond donors (Lipinski definition) is 2. The van der Waals surface area contributed by atoms with Gasteiger partial charge in [-0.15, -0.1) is 0 Å². The van der Waals surface area contributed by atoms with Gasteiger partial charge in [0.1, 0.15) is 0 Å². The Kier molecular flexibility index (Phi) is 2.61. The molecule has 0 aromatic carbocycles. The van der Waals surface area contributed by atoms with Crippen LogP contribution < -0.4 is 0 Å². The molecule has 1 aliphatic rings. The van der Waals surface area contributed by atoms with E-state index in [2.05, 4.69) is 0 Å². The number of aliphatic hydroxyl groups is 2. The zero-order valence-electron chi connectivity index (χ0n) is 8.15. The highest BCUT2D eigenvalue weighted by Crippen LogP contribution is 2.33. The van der Waals surface area contributed by atoms with Crippen molar-refractivity contribution >= 4 is 0 Å². The van der Waals surface area contributed by atoms with Crippen molar-refractivity contribution in [3.8, 4) is 0 Å². The van der Waals surface area contributed by atoms with E-state index < -0.39 is 11.7 Å². The van der Waals surface area contributed by atoms with Gasteiger partial charge in [-0.3, -0.25) is 0 Å². The molecule has 1 aliphatic carbocycles. The average molecular weight is 196 g/mol. The van der Waals surface area contributed by atoms with Crippen molar-refractivity contribution in [2.24, 2.45) is 0 Å². The first-order chi connectivity index (χ1) is 6.71. The summed E-state index contributed by atoms with van der Waals surface area (Å²) in [5.41, 5.74) is 0.0786. The minimum Gasteiger partial charge on any atom is -0.472 e. The van der Waals surface area contributed by atoms with Crippen LogP contribution in [-0.4, -0.2) is 21.9 Å². The first-order valence-electron chi connectivity index (χ1n) is 5.12. The molecule has 78 valence electrons. The molecule has 2 N–H and O–H groups in total. The first kappa shape index (κ1) is 9.74. The molecule has 3 nitrogen and oxygen atoms in total. The second-order valence-corrected chi connectivity index (χ2v) is 4.16. The van der Waals surface area contributed by atoms with Gasteiger partial charge in [-0.05, 0) is 24.5 Å². The Morgan fingerprint density at radius 3 is 2.71 bits per heavy atom. The Hall–Kier alpha value is -0.800. The van der Waals surface area contributed by atoms with E-state index in [0.29, 0.717) is 19.3 Å². The average Bonchev–Trinajstić information content (AvgIpc) is 2.76. The summed E-state index contributed by atoms with van der Waals surface area (Å²) in [7, 11) is 0. The van der Waals surface area contributed by atoms with Gasteiger partial charge >= 0.3 is 0 Å². The number of furan rings is 1. The van der Waals surface area contributed by atoms with Gasteiger partial charge in [0.2, 0.25) is 0 Å². The van der Waals surface area contributed by atoms with Gasteiger partial charge in [-0.2, -0.15) is 0 Å². The van der Waals surface area contributed by atoms with Gasteiger partial charge in [0, 0.05) is 6.42 Å². The van der Waals surface area contributed by atoms with E-state index in [1.165, 1.54) is 0 Å². The fourth-order valence-corrected chi connectivity index (χ4v) is 2.14. The lowest BCUT2D eigenvalue weighted by Crippen LogP contribution is -2.40. The van der Waals surface area contributed by atoms with Crippen molar-refractivity contribution in [3.63, 3.8) is 0 Å². The van der Waals surface area contributed by atoms with Crippen molar-refractivity contribution in [1.82, 2.24) is 0 Å². The highest BCUT2D eigenvalue weighted by atomic mass is 16.3. The molecule has 1 aromatic rings. The maximum absolute atomic E-state index is 10.1. The van der Waals surface area contributed by atoms with E-state index in [9.17, 15) is 10.2 Å². The second-order valence-electron chi connectivity index (χ2n) is 4.16. The summed E-state index contributed by atoms with van der Waals surface area (Å²) in [5, 5.41) is 20.0. The van der Waals surface area contributed by atoms with E-state index >= 15 is 0 Å². The van der Waals surface area contributed by atoms with Crippen molar-refractivity contribution < 1.29 is 14.6 Å². The van der Waals surface area contributed by atoms with Crippen LogP contribution in [0.1, 0.15) is 31.2 Å². The SMILES string of the molecule is OC(Cc1ccoc1)C1(O)CCCC1. The van der Waals surface area contributed by atoms with Crippen LogP contribution >= 0.6 is 0 Å². The molecule has 0 saturated heterocycles. The standard InChI is InChI=1S/C11H16O3/c12-10(7-9-3-6-14-8-9)11(13)4-1-2-5-11/h3,6,8,10,12-13H,1-2,4-5,7H2. The highest BCUT2D eigenvalue weighted by molar-refractivity contribution is 5.09. The smallest absolute Gasteiger partial charge is 0.0935 e. The van der Waals surface area contributed by atoms with Gasteiger partial charge in [-0.25, -0.2) is 0 Å². The second kappa shape index (κ2) is 3.75. The Balaban J connectivity index is 1.98. The molecule has 0 aliphatic heterocycles. The highest BCUT2D eigenvalue weighted by Gasteiger charge is 2.38.